The summed E-state index contributed by atoms with van der Waals surface area (Å²) in [4.78, 5) is 10.8. The second kappa shape index (κ2) is 5.60. The molecular formula is C11H17NO2. The van der Waals surface area contributed by atoms with Gasteiger partial charge in [0, 0.05) is 37.7 Å². The van der Waals surface area contributed by atoms with E-state index in [0.29, 0.717) is 12.5 Å². The van der Waals surface area contributed by atoms with Crippen molar-refractivity contribution in [2.24, 2.45) is 5.92 Å². The van der Waals surface area contributed by atoms with Gasteiger partial charge in [-0.15, -0.1) is 0 Å². The van der Waals surface area contributed by atoms with Crippen molar-refractivity contribution in [1.29, 1.82) is 0 Å². The van der Waals surface area contributed by atoms with E-state index in [1.807, 2.05) is 4.57 Å². The number of pyridine rings is 1. The molecule has 14 heavy (non-hydrogen) atoms. The molecule has 0 N–H and O–H groups in total. The molecule has 1 rings (SSSR count). The van der Waals surface area contributed by atoms with Gasteiger partial charge in [-0.25, -0.2) is 0 Å². The highest BCUT2D eigenvalue weighted by molar-refractivity contribution is 4.93. The summed E-state index contributed by atoms with van der Waals surface area (Å²) < 4.78 is 7.38. The summed E-state index contributed by atoms with van der Waals surface area (Å²) in [6, 6.07) is 3.12. The lowest BCUT2D eigenvalue weighted by molar-refractivity contribution is 0.103. The zero-order valence-corrected chi connectivity index (χ0v) is 8.77. The first-order valence-electron chi connectivity index (χ1n) is 4.92. The molecule has 78 valence electrons. The number of hydrogen-bond acceptors (Lipinski definition) is 2. The Bertz CT molecular complexity index is 297. The molecule has 3 heteroatoms. The Hall–Kier alpha value is -1.09. The van der Waals surface area contributed by atoms with Gasteiger partial charge in [0.25, 0.3) is 0 Å². The van der Waals surface area contributed by atoms with Gasteiger partial charge in [-0.3, -0.25) is 4.79 Å². The minimum absolute atomic E-state index is 0.0457. The smallest absolute Gasteiger partial charge is 0.181 e. The molecule has 0 aliphatic heterocycles. The summed E-state index contributed by atoms with van der Waals surface area (Å²) in [5.74, 6) is 0.573. The molecule has 0 saturated heterocycles. The van der Waals surface area contributed by atoms with Crippen LogP contribution >= 0.6 is 0 Å². The Kier molecular flexibility index (Phi) is 4.40. The number of hydrogen-bond donors (Lipinski definition) is 0. The molecule has 0 saturated carbocycles. The Morgan fingerprint density at radius 3 is 2.57 bits per heavy atom. The van der Waals surface area contributed by atoms with E-state index in [-0.39, 0.29) is 5.43 Å². The van der Waals surface area contributed by atoms with E-state index in [1.165, 1.54) is 0 Å². The molecule has 0 radical (unpaired) electrons. The number of ether oxygens (including phenoxy) is 1. The van der Waals surface area contributed by atoms with E-state index in [4.69, 9.17) is 4.74 Å². The van der Waals surface area contributed by atoms with Crippen molar-refractivity contribution in [1.82, 2.24) is 4.57 Å². The first kappa shape index (κ1) is 11.0. The Balaban J connectivity index is 2.25. The van der Waals surface area contributed by atoms with Gasteiger partial charge in [-0.05, 0) is 5.92 Å². The molecule has 0 atom stereocenters. The third-order valence-electron chi connectivity index (χ3n) is 1.81. The summed E-state index contributed by atoms with van der Waals surface area (Å²) in [5.41, 5.74) is 0.0457. The third kappa shape index (κ3) is 4.23. The van der Waals surface area contributed by atoms with Crippen molar-refractivity contribution in [2.75, 3.05) is 13.2 Å². The highest BCUT2D eigenvalue weighted by Gasteiger charge is 1.93. The molecule has 1 aromatic heterocycles. The van der Waals surface area contributed by atoms with Gasteiger partial charge < -0.3 is 9.30 Å². The summed E-state index contributed by atoms with van der Waals surface area (Å²) in [6.07, 6.45) is 3.56. The van der Waals surface area contributed by atoms with E-state index in [9.17, 15) is 4.79 Å². The van der Waals surface area contributed by atoms with Gasteiger partial charge in [0.15, 0.2) is 5.43 Å². The van der Waals surface area contributed by atoms with Crippen molar-refractivity contribution in [3.63, 3.8) is 0 Å². The molecule has 0 bridgehead atoms. The van der Waals surface area contributed by atoms with Crippen molar-refractivity contribution in [3.8, 4) is 0 Å². The Labute approximate surface area is 84.3 Å². The molecule has 0 aliphatic carbocycles. The molecule has 0 spiro atoms. The minimum atomic E-state index is 0.0457. The van der Waals surface area contributed by atoms with Gasteiger partial charge in [0.05, 0.1) is 6.61 Å². The summed E-state index contributed by atoms with van der Waals surface area (Å²) in [7, 11) is 0. The third-order valence-corrected chi connectivity index (χ3v) is 1.81. The summed E-state index contributed by atoms with van der Waals surface area (Å²) in [6.45, 7) is 6.53. The molecule has 1 aromatic rings. The van der Waals surface area contributed by atoms with Crippen LogP contribution in [0.3, 0.4) is 0 Å². The van der Waals surface area contributed by atoms with E-state index in [0.717, 1.165) is 13.2 Å². The quantitative estimate of drug-likeness (QED) is 0.667. The normalized spacial score (nSPS) is 10.8. The second-order valence-electron chi connectivity index (χ2n) is 3.74. The fourth-order valence-corrected chi connectivity index (χ4v) is 1.08. The Morgan fingerprint density at radius 1 is 1.36 bits per heavy atom. The largest absolute Gasteiger partial charge is 0.379 e. The predicted octanol–water partition coefficient (Wildman–Crippen LogP) is 1.52. The van der Waals surface area contributed by atoms with Gasteiger partial charge >= 0.3 is 0 Å². The van der Waals surface area contributed by atoms with E-state index in [1.54, 1.807) is 24.5 Å². The van der Waals surface area contributed by atoms with Crippen LogP contribution in [0.15, 0.2) is 29.3 Å². The van der Waals surface area contributed by atoms with Crippen LogP contribution in [0.5, 0.6) is 0 Å². The van der Waals surface area contributed by atoms with Gasteiger partial charge in [0.1, 0.15) is 0 Å². The molecule has 0 aliphatic rings. The molecule has 0 unspecified atom stereocenters. The average molecular weight is 195 g/mol. The molecule has 3 nitrogen and oxygen atoms in total. The standard InChI is InChI=1S/C11H17NO2/c1-10(2)9-14-8-7-12-5-3-11(13)4-6-12/h3-6,10H,7-9H2,1-2H3. The zero-order chi connectivity index (χ0) is 10.4. The van der Waals surface area contributed by atoms with Crippen LogP contribution in [0.25, 0.3) is 0 Å². The first-order chi connectivity index (χ1) is 6.68. The van der Waals surface area contributed by atoms with Crippen LogP contribution in [0, 0.1) is 5.92 Å². The molecule has 1 heterocycles. The highest BCUT2D eigenvalue weighted by atomic mass is 16.5. The fraction of sp³-hybridized carbons (Fsp3) is 0.545. The fourth-order valence-electron chi connectivity index (χ4n) is 1.08. The van der Waals surface area contributed by atoms with E-state index in [2.05, 4.69) is 13.8 Å². The molecule has 0 amide bonds. The molecule has 0 fully saturated rings. The monoisotopic (exact) mass is 195 g/mol. The summed E-state index contributed by atoms with van der Waals surface area (Å²) >= 11 is 0. The first-order valence-corrected chi connectivity index (χ1v) is 4.92. The minimum Gasteiger partial charge on any atom is -0.379 e. The van der Waals surface area contributed by atoms with E-state index >= 15 is 0 Å². The maximum absolute atomic E-state index is 10.8. The van der Waals surface area contributed by atoms with Crippen LogP contribution in [-0.2, 0) is 11.3 Å². The molecular weight excluding hydrogens is 178 g/mol. The van der Waals surface area contributed by atoms with E-state index < -0.39 is 0 Å². The van der Waals surface area contributed by atoms with Crippen LogP contribution in [-0.4, -0.2) is 17.8 Å². The topological polar surface area (TPSA) is 31.2 Å². The van der Waals surface area contributed by atoms with Gasteiger partial charge in [-0.1, -0.05) is 13.8 Å². The van der Waals surface area contributed by atoms with Crippen molar-refractivity contribution >= 4 is 0 Å². The lowest BCUT2D eigenvalue weighted by Crippen LogP contribution is -2.10. The van der Waals surface area contributed by atoms with Gasteiger partial charge in [0.2, 0.25) is 0 Å². The number of nitrogens with zero attached hydrogens (tertiary/aromatic N) is 1. The molecule has 0 aromatic carbocycles. The van der Waals surface area contributed by atoms with Crippen LogP contribution in [0.2, 0.25) is 0 Å². The van der Waals surface area contributed by atoms with Crippen LogP contribution < -0.4 is 5.43 Å². The highest BCUT2D eigenvalue weighted by Crippen LogP contribution is 1.93. The predicted molar refractivity (Wildman–Crippen MR) is 56.4 cm³/mol. The summed E-state index contributed by atoms with van der Waals surface area (Å²) in [5, 5.41) is 0. The maximum atomic E-state index is 10.8. The van der Waals surface area contributed by atoms with Crippen molar-refractivity contribution in [2.45, 2.75) is 20.4 Å². The SMILES string of the molecule is CC(C)COCCn1ccc(=O)cc1. The van der Waals surface area contributed by atoms with Gasteiger partial charge in [-0.2, -0.15) is 0 Å². The van der Waals surface area contributed by atoms with Crippen LogP contribution in [0.1, 0.15) is 13.8 Å². The lowest BCUT2D eigenvalue weighted by Gasteiger charge is -2.08. The van der Waals surface area contributed by atoms with Crippen molar-refractivity contribution in [3.05, 3.63) is 34.7 Å². The lowest BCUT2D eigenvalue weighted by atomic mass is 10.2. The number of rotatable bonds is 5. The van der Waals surface area contributed by atoms with Crippen molar-refractivity contribution < 1.29 is 4.74 Å². The Morgan fingerprint density at radius 2 is 2.00 bits per heavy atom. The average Bonchev–Trinajstić information content (AvgIpc) is 2.15. The second-order valence-corrected chi connectivity index (χ2v) is 3.74. The number of aromatic nitrogens is 1. The maximum Gasteiger partial charge on any atom is 0.181 e. The zero-order valence-electron chi connectivity index (χ0n) is 8.77. The van der Waals surface area contributed by atoms with Crippen LogP contribution in [0.4, 0.5) is 0 Å².